The SMILES string of the molecule is C/C(=N/NC1=NC2C(C(=O)N(C)C(=O)N2C)N1Cc1ccccc1Cl)c1cccc([N+](=O)[O-])c1. The van der Waals surface area contributed by atoms with Gasteiger partial charge in [-0.3, -0.25) is 19.8 Å². The van der Waals surface area contributed by atoms with Gasteiger partial charge < -0.3 is 9.80 Å². The van der Waals surface area contributed by atoms with Crippen molar-refractivity contribution in [1.82, 2.24) is 20.1 Å². The molecule has 34 heavy (non-hydrogen) atoms. The summed E-state index contributed by atoms with van der Waals surface area (Å²) in [7, 11) is 3.02. The van der Waals surface area contributed by atoms with Gasteiger partial charge in [0.05, 0.1) is 10.6 Å². The molecule has 2 aliphatic heterocycles. The summed E-state index contributed by atoms with van der Waals surface area (Å²) in [4.78, 5) is 44.9. The summed E-state index contributed by atoms with van der Waals surface area (Å²) < 4.78 is 0. The first-order chi connectivity index (χ1) is 16.2. The van der Waals surface area contributed by atoms with Crippen LogP contribution in [0.25, 0.3) is 0 Å². The lowest BCUT2D eigenvalue weighted by Gasteiger charge is -2.39. The number of amides is 3. The van der Waals surface area contributed by atoms with Crippen LogP contribution in [0.1, 0.15) is 18.1 Å². The van der Waals surface area contributed by atoms with E-state index in [1.54, 1.807) is 37.1 Å². The van der Waals surface area contributed by atoms with Gasteiger partial charge in [-0.25, -0.2) is 15.2 Å². The van der Waals surface area contributed by atoms with Crippen molar-refractivity contribution in [2.45, 2.75) is 25.7 Å². The number of nitro groups is 1. The third-order valence-electron chi connectivity index (χ3n) is 5.81. The number of nitro benzene ring substituents is 1. The molecule has 1 N–H and O–H groups in total. The number of urea groups is 1. The van der Waals surface area contributed by atoms with Crippen LogP contribution in [-0.2, 0) is 11.3 Å². The molecule has 2 aliphatic rings. The number of non-ortho nitro benzene ring substituents is 1. The van der Waals surface area contributed by atoms with Crippen LogP contribution in [0.15, 0.2) is 58.6 Å². The maximum atomic E-state index is 13.1. The van der Waals surface area contributed by atoms with Gasteiger partial charge in [-0.2, -0.15) is 5.10 Å². The average molecular weight is 484 g/mol. The molecule has 1 fully saturated rings. The maximum absolute atomic E-state index is 13.1. The van der Waals surface area contributed by atoms with Crippen molar-refractivity contribution in [3.8, 4) is 0 Å². The van der Waals surface area contributed by atoms with E-state index < -0.39 is 23.2 Å². The summed E-state index contributed by atoms with van der Waals surface area (Å²) in [6.45, 7) is 1.95. The van der Waals surface area contributed by atoms with Crippen LogP contribution >= 0.6 is 11.6 Å². The highest BCUT2D eigenvalue weighted by Gasteiger charge is 2.51. The minimum absolute atomic E-state index is 0.0506. The Balaban J connectivity index is 1.67. The van der Waals surface area contributed by atoms with Crippen molar-refractivity contribution >= 4 is 40.9 Å². The summed E-state index contributed by atoms with van der Waals surface area (Å²) in [5.74, 6) is -0.108. The number of carbonyl (C=O) groups is 2. The molecule has 4 rings (SSSR count). The summed E-state index contributed by atoms with van der Waals surface area (Å²) in [5, 5.41) is 16.0. The number of aliphatic imine (C=N–C) groups is 1. The fraction of sp³-hybridized carbons (Fsp3) is 0.273. The Morgan fingerprint density at radius 3 is 2.65 bits per heavy atom. The van der Waals surface area contributed by atoms with Gasteiger partial charge >= 0.3 is 6.03 Å². The third-order valence-corrected chi connectivity index (χ3v) is 6.18. The molecular formula is C22H22ClN7O4. The van der Waals surface area contributed by atoms with Crippen molar-refractivity contribution in [2.24, 2.45) is 10.1 Å². The van der Waals surface area contributed by atoms with Gasteiger partial charge in [0.2, 0.25) is 5.96 Å². The molecule has 3 amide bonds. The highest BCUT2D eigenvalue weighted by Crippen LogP contribution is 2.29. The number of hydrogen-bond donors (Lipinski definition) is 1. The van der Waals surface area contributed by atoms with Crippen LogP contribution in [-0.4, -0.2) is 69.5 Å². The molecule has 0 bridgehead atoms. The van der Waals surface area contributed by atoms with E-state index in [2.05, 4.69) is 15.5 Å². The summed E-state index contributed by atoms with van der Waals surface area (Å²) in [5.41, 5.74) is 4.64. The van der Waals surface area contributed by atoms with E-state index in [1.165, 1.54) is 24.1 Å². The molecule has 2 aromatic rings. The second-order valence-corrected chi connectivity index (χ2v) is 8.34. The number of guanidine groups is 1. The van der Waals surface area contributed by atoms with Crippen molar-refractivity contribution in [3.05, 3.63) is 74.8 Å². The first kappa shape index (κ1) is 23.2. The second kappa shape index (κ2) is 9.10. The number of hydrogen-bond acceptors (Lipinski definition) is 8. The van der Waals surface area contributed by atoms with Gasteiger partial charge in [-0.05, 0) is 18.6 Å². The van der Waals surface area contributed by atoms with Crippen LogP contribution in [0.3, 0.4) is 0 Å². The molecule has 1 saturated heterocycles. The molecule has 0 saturated carbocycles. The predicted molar refractivity (Wildman–Crippen MR) is 126 cm³/mol. The standard InChI is InChI=1S/C22H22ClN7O4/c1-13(14-8-6-9-16(11-14)30(33)34)25-26-21-24-19-18(20(31)28(3)22(32)27(19)2)29(21)12-15-7-4-5-10-17(15)23/h4-11,18-19H,12H2,1-3H3,(H,24,26)/b25-13-. The molecule has 11 nitrogen and oxygen atoms in total. The lowest BCUT2D eigenvalue weighted by Crippen LogP contribution is -2.64. The van der Waals surface area contributed by atoms with E-state index in [0.29, 0.717) is 16.3 Å². The smallest absolute Gasteiger partial charge is 0.321 e. The van der Waals surface area contributed by atoms with Gasteiger partial charge in [0.1, 0.15) is 0 Å². The van der Waals surface area contributed by atoms with Crippen molar-refractivity contribution < 1.29 is 14.5 Å². The molecule has 0 radical (unpaired) electrons. The fourth-order valence-corrected chi connectivity index (χ4v) is 4.08. The summed E-state index contributed by atoms with van der Waals surface area (Å²) >= 11 is 6.36. The number of rotatable bonds is 5. The van der Waals surface area contributed by atoms with Crippen molar-refractivity contribution in [3.63, 3.8) is 0 Å². The van der Waals surface area contributed by atoms with Gasteiger partial charge in [-0.1, -0.05) is 41.9 Å². The Labute approximate surface area is 200 Å². The maximum Gasteiger partial charge on any atom is 0.328 e. The minimum Gasteiger partial charge on any atom is -0.321 e. The highest BCUT2D eigenvalue weighted by atomic mass is 35.5. The number of fused-ring (bicyclic) bond motifs is 1. The Morgan fingerprint density at radius 2 is 1.94 bits per heavy atom. The van der Waals surface area contributed by atoms with Crippen molar-refractivity contribution in [2.75, 3.05) is 14.1 Å². The number of carbonyl (C=O) groups excluding carboxylic acids is 2. The zero-order valence-electron chi connectivity index (χ0n) is 18.7. The number of hydrazone groups is 1. The predicted octanol–water partition coefficient (Wildman–Crippen LogP) is 2.65. The zero-order valence-corrected chi connectivity index (χ0v) is 19.4. The van der Waals surface area contributed by atoms with E-state index in [1.807, 2.05) is 18.2 Å². The number of likely N-dealkylation sites (N-methyl/N-ethyl adjacent to an activating group) is 2. The summed E-state index contributed by atoms with van der Waals surface area (Å²) in [6.07, 6.45) is -0.741. The highest BCUT2D eigenvalue weighted by molar-refractivity contribution is 6.31. The van der Waals surface area contributed by atoms with Crippen LogP contribution < -0.4 is 5.43 Å². The van der Waals surface area contributed by atoms with E-state index in [4.69, 9.17) is 11.6 Å². The molecular weight excluding hydrogens is 462 g/mol. The molecule has 2 heterocycles. The monoisotopic (exact) mass is 483 g/mol. The Morgan fingerprint density at radius 1 is 1.21 bits per heavy atom. The largest absolute Gasteiger partial charge is 0.328 e. The fourth-order valence-electron chi connectivity index (χ4n) is 3.88. The second-order valence-electron chi connectivity index (χ2n) is 7.94. The van der Waals surface area contributed by atoms with Gasteiger partial charge in [0.15, 0.2) is 12.2 Å². The first-order valence-electron chi connectivity index (χ1n) is 10.4. The van der Waals surface area contributed by atoms with Crippen LogP contribution in [0.2, 0.25) is 5.02 Å². The van der Waals surface area contributed by atoms with Gasteiger partial charge in [0, 0.05) is 43.4 Å². The molecule has 0 aliphatic carbocycles. The Bertz CT molecular complexity index is 1230. The normalized spacial score (nSPS) is 20.4. The number of halogens is 1. The van der Waals surface area contributed by atoms with Crippen molar-refractivity contribution in [1.29, 1.82) is 0 Å². The van der Waals surface area contributed by atoms with E-state index >= 15 is 0 Å². The molecule has 176 valence electrons. The third kappa shape index (κ3) is 4.17. The van der Waals surface area contributed by atoms with Gasteiger partial charge in [-0.15, -0.1) is 0 Å². The number of imide groups is 1. The topological polar surface area (TPSA) is 124 Å². The quantitative estimate of drug-likeness (QED) is 0.396. The minimum atomic E-state index is -0.764. The Kier molecular flexibility index (Phi) is 6.20. The zero-order chi connectivity index (χ0) is 24.6. The van der Waals surface area contributed by atoms with E-state index in [-0.39, 0.29) is 24.1 Å². The van der Waals surface area contributed by atoms with E-state index in [0.717, 1.165) is 10.5 Å². The van der Waals surface area contributed by atoms with Crippen LogP contribution in [0.4, 0.5) is 10.5 Å². The average Bonchev–Trinajstić information content (AvgIpc) is 3.19. The molecule has 2 unspecified atom stereocenters. The lowest BCUT2D eigenvalue weighted by molar-refractivity contribution is -0.384. The first-order valence-corrected chi connectivity index (χ1v) is 10.7. The number of nitrogens with one attached hydrogen (secondary N) is 1. The lowest BCUT2D eigenvalue weighted by atomic mass is 10.1. The van der Waals surface area contributed by atoms with E-state index in [9.17, 15) is 19.7 Å². The molecule has 12 heteroatoms. The Hall–Kier alpha value is -3.99. The molecule has 0 aromatic heterocycles. The number of benzene rings is 2. The van der Waals surface area contributed by atoms with Crippen LogP contribution in [0.5, 0.6) is 0 Å². The van der Waals surface area contributed by atoms with Crippen LogP contribution in [0, 0.1) is 10.1 Å². The molecule has 2 atom stereocenters. The molecule has 0 spiro atoms. The summed E-state index contributed by atoms with van der Waals surface area (Å²) in [6, 6.07) is 12.1. The molecule has 2 aromatic carbocycles. The van der Waals surface area contributed by atoms with Gasteiger partial charge in [0.25, 0.3) is 11.6 Å². The number of nitrogens with zero attached hydrogens (tertiary/aromatic N) is 6.